The van der Waals surface area contributed by atoms with Gasteiger partial charge in [-0.05, 0) is 27.2 Å². The first-order chi connectivity index (χ1) is 8.93. The molecule has 0 aliphatic heterocycles. The summed E-state index contributed by atoms with van der Waals surface area (Å²) in [5.74, 6) is -2.21. The van der Waals surface area contributed by atoms with E-state index in [1.54, 1.807) is 20.8 Å². The molecule has 2 N–H and O–H groups in total. The van der Waals surface area contributed by atoms with E-state index in [9.17, 15) is 14.7 Å². The molecular weight excluding hydrogens is 272 g/mol. The van der Waals surface area contributed by atoms with Crippen molar-refractivity contribution in [1.29, 1.82) is 0 Å². The van der Waals surface area contributed by atoms with Crippen LogP contribution < -0.4 is 0 Å². The number of carboxylic acid groups (broad SMARTS) is 2. The van der Waals surface area contributed by atoms with E-state index in [0.717, 1.165) is 0 Å². The molecule has 0 heterocycles. The lowest BCUT2D eigenvalue weighted by Crippen LogP contribution is -2.53. The lowest BCUT2D eigenvalue weighted by atomic mass is 10.2. The maximum Gasteiger partial charge on any atom is 0.515 e. The van der Waals surface area contributed by atoms with Crippen molar-refractivity contribution >= 4 is 20.7 Å². The van der Waals surface area contributed by atoms with Gasteiger partial charge in [-0.3, -0.25) is 9.59 Å². The Labute approximate surface area is 113 Å². The number of aliphatic carboxylic acids is 2. The van der Waals surface area contributed by atoms with Crippen LogP contribution >= 0.6 is 0 Å². The second-order valence-electron chi connectivity index (χ2n) is 3.73. The topological polar surface area (TPSA) is 102 Å². The third-order valence-corrected chi connectivity index (χ3v) is 5.87. The molecule has 0 aromatic rings. The van der Waals surface area contributed by atoms with Crippen molar-refractivity contribution in [2.45, 2.75) is 39.2 Å². The standard InChI is InChI=1S/C11H22O7Si/c1-4-16-19(17-5-2,18-6-3)9(11(14)15)7-8-10(12)13/h9H,4-8H2,1-3H3,(H,12,13)(H,14,15). The minimum Gasteiger partial charge on any atom is -0.481 e. The summed E-state index contributed by atoms with van der Waals surface area (Å²) in [5.41, 5.74) is -1.07. The normalized spacial score (nSPS) is 13.2. The van der Waals surface area contributed by atoms with Crippen LogP contribution in [0.2, 0.25) is 5.54 Å². The number of rotatable bonds is 11. The van der Waals surface area contributed by atoms with Crippen molar-refractivity contribution in [3.05, 3.63) is 0 Å². The van der Waals surface area contributed by atoms with Crippen LogP contribution in [0.4, 0.5) is 0 Å². The van der Waals surface area contributed by atoms with Crippen molar-refractivity contribution in [3.8, 4) is 0 Å². The minimum atomic E-state index is -3.42. The Balaban J connectivity index is 5.18. The van der Waals surface area contributed by atoms with Gasteiger partial charge >= 0.3 is 20.7 Å². The van der Waals surface area contributed by atoms with E-state index < -0.39 is 26.3 Å². The van der Waals surface area contributed by atoms with Crippen LogP contribution in [0.25, 0.3) is 0 Å². The van der Waals surface area contributed by atoms with Crippen molar-refractivity contribution < 1.29 is 33.1 Å². The van der Waals surface area contributed by atoms with E-state index in [4.69, 9.17) is 18.4 Å². The van der Waals surface area contributed by atoms with Gasteiger partial charge in [-0.1, -0.05) is 0 Å². The summed E-state index contributed by atoms with van der Waals surface area (Å²) in [4.78, 5) is 22.0. The first kappa shape index (κ1) is 18.0. The van der Waals surface area contributed by atoms with E-state index in [0.29, 0.717) is 0 Å². The van der Waals surface area contributed by atoms with Crippen molar-refractivity contribution in [1.82, 2.24) is 0 Å². The number of carbonyl (C=O) groups is 2. The van der Waals surface area contributed by atoms with E-state index in [-0.39, 0.29) is 32.7 Å². The van der Waals surface area contributed by atoms with Crippen LogP contribution in [0.1, 0.15) is 33.6 Å². The Morgan fingerprint density at radius 2 is 1.42 bits per heavy atom. The molecule has 112 valence electrons. The van der Waals surface area contributed by atoms with Crippen molar-refractivity contribution in [3.63, 3.8) is 0 Å². The molecule has 0 fully saturated rings. The monoisotopic (exact) mass is 294 g/mol. The summed E-state index contributed by atoms with van der Waals surface area (Å²) < 4.78 is 16.5. The molecule has 1 unspecified atom stereocenters. The molecule has 0 amide bonds. The molecule has 0 radical (unpaired) electrons. The number of hydrogen-bond acceptors (Lipinski definition) is 5. The third-order valence-electron chi connectivity index (χ3n) is 2.41. The molecule has 8 heteroatoms. The maximum absolute atomic E-state index is 11.4. The predicted molar refractivity (Wildman–Crippen MR) is 68.9 cm³/mol. The molecule has 0 saturated carbocycles. The summed E-state index contributed by atoms with van der Waals surface area (Å²) in [6.07, 6.45) is -0.337. The molecule has 7 nitrogen and oxygen atoms in total. The van der Waals surface area contributed by atoms with Crippen LogP contribution in [0.15, 0.2) is 0 Å². The summed E-state index contributed by atoms with van der Waals surface area (Å²) >= 11 is 0. The van der Waals surface area contributed by atoms with E-state index in [2.05, 4.69) is 0 Å². The zero-order valence-corrected chi connectivity index (χ0v) is 12.5. The molecule has 0 saturated heterocycles. The Morgan fingerprint density at radius 3 is 1.68 bits per heavy atom. The fourth-order valence-corrected chi connectivity index (χ4v) is 4.61. The van der Waals surface area contributed by atoms with E-state index >= 15 is 0 Å². The third kappa shape index (κ3) is 5.68. The molecule has 0 rings (SSSR count). The summed E-state index contributed by atoms with van der Waals surface area (Å²) in [7, 11) is -3.42. The fraction of sp³-hybridized carbons (Fsp3) is 0.818. The van der Waals surface area contributed by atoms with Crippen LogP contribution in [0, 0.1) is 0 Å². The number of hydrogen-bond donors (Lipinski definition) is 2. The molecule has 0 aromatic heterocycles. The Morgan fingerprint density at radius 1 is 1.00 bits per heavy atom. The van der Waals surface area contributed by atoms with Gasteiger partial charge in [-0.15, -0.1) is 0 Å². The van der Waals surface area contributed by atoms with Gasteiger partial charge in [0.05, 0.1) is 0 Å². The highest BCUT2D eigenvalue weighted by Gasteiger charge is 2.53. The smallest absolute Gasteiger partial charge is 0.481 e. The Kier molecular flexibility index (Phi) is 8.57. The quantitative estimate of drug-likeness (QED) is 0.554. The molecule has 0 spiro atoms. The SMILES string of the molecule is CCO[Si](OCC)(OCC)C(CCC(=O)O)C(=O)O. The Bertz CT molecular complexity index is 278. The molecule has 0 bridgehead atoms. The summed E-state index contributed by atoms with van der Waals surface area (Å²) in [5, 5.41) is 18.0. The largest absolute Gasteiger partial charge is 0.515 e. The minimum absolute atomic E-state index is 0.0725. The summed E-state index contributed by atoms with van der Waals surface area (Å²) in [6.45, 7) is 5.91. The Hall–Kier alpha value is -0.963. The first-order valence-electron chi connectivity index (χ1n) is 6.29. The maximum atomic E-state index is 11.4. The lowest BCUT2D eigenvalue weighted by molar-refractivity contribution is -0.140. The highest BCUT2D eigenvalue weighted by Crippen LogP contribution is 2.30. The summed E-state index contributed by atoms with van der Waals surface area (Å²) in [6, 6.07) is 0. The van der Waals surface area contributed by atoms with Crippen molar-refractivity contribution in [2.24, 2.45) is 0 Å². The van der Waals surface area contributed by atoms with Crippen molar-refractivity contribution in [2.75, 3.05) is 19.8 Å². The molecule has 1 atom stereocenters. The van der Waals surface area contributed by atoms with Crippen LogP contribution in [-0.4, -0.2) is 50.8 Å². The zero-order valence-electron chi connectivity index (χ0n) is 11.5. The van der Waals surface area contributed by atoms with Crippen LogP contribution in [0.5, 0.6) is 0 Å². The van der Waals surface area contributed by atoms with Crippen LogP contribution in [-0.2, 0) is 22.9 Å². The van der Waals surface area contributed by atoms with Gasteiger partial charge in [0, 0.05) is 26.2 Å². The second kappa shape index (κ2) is 9.02. The predicted octanol–water partition coefficient (Wildman–Crippen LogP) is 1.35. The molecular formula is C11H22O7Si. The highest BCUT2D eigenvalue weighted by atomic mass is 28.4. The van der Waals surface area contributed by atoms with E-state index in [1.165, 1.54) is 0 Å². The van der Waals surface area contributed by atoms with E-state index in [1.807, 2.05) is 0 Å². The zero-order chi connectivity index (χ0) is 14.9. The van der Waals surface area contributed by atoms with Gasteiger partial charge in [-0.2, -0.15) is 0 Å². The fourth-order valence-electron chi connectivity index (χ4n) is 1.75. The molecule has 0 aromatic carbocycles. The highest BCUT2D eigenvalue weighted by molar-refractivity contribution is 6.66. The van der Waals surface area contributed by atoms with Gasteiger partial charge in [0.15, 0.2) is 0 Å². The van der Waals surface area contributed by atoms with Gasteiger partial charge in [0.25, 0.3) is 0 Å². The average Bonchev–Trinajstić information content (AvgIpc) is 2.29. The van der Waals surface area contributed by atoms with Gasteiger partial charge < -0.3 is 23.5 Å². The molecule has 19 heavy (non-hydrogen) atoms. The second-order valence-corrected chi connectivity index (χ2v) is 6.50. The van der Waals surface area contributed by atoms with Gasteiger partial charge in [0.2, 0.25) is 0 Å². The first-order valence-corrected chi connectivity index (χ1v) is 8.10. The van der Waals surface area contributed by atoms with Crippen LogP contribution in [0.3, 0.4) is 0 Å². The lowest BCUT2D eigenvalue weighted by Gasteiger charge is -2.32. The molecule has 0 aliphatic rings. The van der Waals surface area contributed by atoms with Gasteiger partial charge in [-0.25, -0.2) is 0 Å². The van der Waals surface area contributed by atoms with Gasteiger partial charge in [0.1, 0.15) is 5.54 Å². The number of carboxylic acids is 2. The molecule has 0 aliphatic carbocycles. The average molecular weight is 294 g/mol.